The molecule has 0 aromatic heterocycles. The van der Waals surface area contributed by atoms with Crippen molar-refractivity contribution in [3.05, 3.63) is 38.9 Å². The maximum atomic E-state index is 12.5. The Bertz CT molecular complexity index is 667. The highest BCUT2D eigenvalue weighted by Crippen LogP contribution is 2.32. The van der Waals surface area contributed by atoms with Crippen LogP contribution in [0, 0.1) is 22.0 Å². The van der Waals surface area contributed by atoms with Gasteiger partial charge in [-0.2, -0.15) is 0 Å². The van der Waals surface area contributed by atoms with Gasteiger partial charge in [-0.3, -0.25) is 24.5 Å². The molecule has 122 valence electrons. The van der Waals surface area contributed by atoms with Gasteiger partial charge in [0, 0.05) is 23.9 Å². The van der Waals surface area contributed by atoms with Crippen LogP contribution in [0.15, 0.2) is 18.2 Å². The van der Waals surface area contributed by atoms with Crippen molar-refractivity contribution >= 4 is 34.6 Å². The molecule has 1 aliphatic rings. The molecule has 0 aliphatic heterocycles. The monoisotopic (exact) mass is 337 g/mol. The van der Waals surface area contributed by atoms with E-state index in [1.54, 1.807) is 0 Å². The van der Waals surface area contributed by atoms with E-state index in [1.807, 2.05) is 6.92 Å². The molecule has 1 aromatic carbocycles. The van der Waals surface area contributed by atoms with Crippen LogP contribution < -0.4 is 0 Å². The van der Waals surface area contributed by atoms with Gasteiger partial charge in [-0.25, -0.2) is 0 Å². The van der Waals surface area contributed by atoms with E-state index in [9.17, 15) is 24.5 Å². The Kier molecular flexibility index (Phi) is 5.26. The zero-order valence-electron chi connectivity index (χ0n) is 12.6. The first-order valence-electron chi connectivity index (χ1n) is 7.38. The Morgan fingerprint density at radius 3 is 2.43 bits per heavy atom. The Morgan fingerprint density at radius 2 is 1.91 bits per heavy atom. The molecule has 1 aliphatic carbocycles. The molecule has 0 heterocycles. The summed E-state index contributed by atoms with van der Waals surface area (Å²) in [7, 11) is 0. The van der Waals surface area contributed by atoms with Gasteiger partial charge in [0.25, 0.3) is 5.69 Å². The first-order valence-corrected chi connectivity index (χ1v) is 7.76. The second-order valence-electron chi connectivity index (χ2n) is 5.71. The van der Waals surface area contributed by atoms with Crippen LogP contribution in [0.25, 0.3) is 0 Å². The van der Waals surface area contributed by atoms with E-state index in [0.717, 1.165) is 18.9 Å². The smallest absolute Gasteiger partial charge is 0.281 e. The highest BCUT2D eigenvalue weighted by atomic mass is 35.5. The Hall–Kier alpha value is -2.08. The fraction of sp³-hybridized carbons (Fsp3) is 0.438. The topological polar surface area (TPSA) is 94.3 Å². The molecule has 1 fully saturated rings. The maximum absolute atomic E-state index is 12.5. The second-order valence-corrected chi connectivity index (χ2v) is 6.15. The number of nitrogens with zero attached hydrogens (tertiary/aromatic N) is 1. The quantitative estimate of drug-likeness (QED) is 0.355. The summed E-state index contributed by atoms with van der Waals surface area (Å²) in [6.45, 7) is 1.96. The predicted molar refractivity (Wildman–Crippen MR) is 83.6 cm³/mol. The lowest BCUT2D eigenvalue weighted by Crippen LogP contribution is -2.39. The maximum Gasteiger partial charge on any atom is 0.281 e. The van der Waals surface area contributed by atoms with Gasteiger partial charge in [0.15, 0.2) is 17.3 Å². The Morgan fingerprint density at radius 1 is 1.30 bits per heavy atom. The summed E-state index contributed by atoms with van der Waals surface area (Å²) in [4.78, 5) is 47.3. The third-order valence-corrected chi connectivity index (χ3v) is 4.24. The van der Waals surface area contributed by atoms with E-state index in [4.69, 9.17) is 11.6 Å². The van der Waals surface area contributed by atoms with Crippen LogP contribution in [0.5, 0.6) is 0 Å². The van der Waals surface area contributed by atoms with Gasteiger partial charge in [0.05, 0.1) is 10.5 Å². The molecule has 0 spiro atoms. The number of carbonyl (C=O) groups excluding carboxylic acids is 3. The molecule has 0 amide bonds. The minimum Gasteiger partial charge on any atom is -0.298 e. The van der Waals surface area contributed by atoms with Gasteiger partial charge < -0.3 is 0 Å². The van der Waals surface area contributed by atoms with Crippen molar-refractivity contribution < 1.29 is 19.3 Å². The first kappa shape index (κ1) is 17.3. The molecule has 1 saturated carbocycles. The van der Waals surface area contributed by atoms with Gasteiger partial charge in [-0.1, -0.05) is 24.9 Å². The van der Waals surface area contributed by atoms with Crippen molar-refractivity contribution in [2.45, 2.75) is 32.6 Å². The number of hydrogen-bond donors (Lipinski definition) is 0. The summed E-state index contributed by atoms with van der Waals surface area (Å²) < 4.78 is 0. The van der Waals surface area contributed by atoms with Crippen molar-refractivity contribution in [3.8, 4) is 0 Å². The normalized spacial score (nSPS) is 21.3. The van der Waals surface area contributed by atoms with Crippen molar-refractivity contribution in [2.24, 2.45) is 11.8 Å². The molecule has 0 N–H and O–H groups in total. The molecule has 1 aromatic rings. The average molecular weight is 338 g/mol. The summed E-state index contributed by atoms with van der Waals surface area (Å²) >= 11 is 5.71. The number of halogens is 1. The van der Waals surface area contributed by atoms with Gasteiger partial charge in [-0.15, -0.1) is 0 Å². The number of nitro benzene ring substituents is 1. The Balaban J connectivity index is 2.32. The van der Waals surface area contributed by atoms with Crippen LogP contribution in [0.2, 0.25) is 5.02 Å². The van der Waals surface area contributed by atoms with Gasteiger partial charge in [-0.05, 0) is 24.5 Å². The van der Waals surface area contributed by atoms with Crippen LogP contribution in [0.3, 0.4) is 0 Å². The van der Waals surface area contributed by atoms with E-state index >= 15 is 0 Å². The van der Waals surface area contributed by atoms with E-state index in [1.165, 1.54) is 12.1 Å². The number of ketones is 3. The van der Waals surface area contributed by atoms with Crippen LogP contribution >= 0.6 is 11.6 Å². The van der Waals surface area contributed by atoms with Crippen molar-refractivity contribution in [3.63, 3.8) is 0 Å². The largest absolute Gasteiger partial charge is 0.298 e. The number of carbonyl (C=O) groups is 3. The molecule has 23 heavy (non-hydrogen) atoms. The molecule has 2 rings (SSSR count). The molecule has 0 saturated heterocycles. The van der Waals surface area contributed by atoms with Gasteiger partial charge >= 0.3 is 0 Å². The summed E-state index contributed by atoms with van der Waals surface area (Å²) in [6.07, 6.45) is 1.93. The molecular weight excluding hydrogens is 322 g/mol. The van der Waals surface area contributed by atoms with E-state index in [-0.39, 0.29) is 29.3 Å². The highest BCUT2D eigenvalue weighted by molar-refractivity contribution is 6.31. The van der Waals surface area contributed by atoms with Crippen LogP contribution in [-0.4, -0.2) is 22.3 Å². The zero-order chi connectivity index (χ0) is 17.1. The van der Waals surface area contributed by atoms with Crippen LogP contribution in [0.1, 0.15) is 43.0 Å². The number of hydrogen-bond acceptors (Lipinski definition) is 5. The fourth-order valence-corrected chi connectivity index (χ4v) is 3.15. The molecular formula is C16H16ClNO5. The summed E-state index contributed by atoms with van der Waals surface area (Å²) in [5.41, 5.74) is -0.737. The van der Waals surface area contributed by atoms with E-state index in [0.29, 0.717) is 0 Å². The average Bonchev–Trinajstić information content (AvgIpc) is 2.46. The fourth-order valence-electron chi connectivity index (χ4n) is 2.98. The van der Waals surface area contributed by atoms with E-state index < -0.39 is 33.9 Å². The summed E-state index contributed by atoms with van der Waals surface area (Å²) in [5, 5.41) is 11.2. The van der Waals surface area contributed by atoms with Crippen molar-refractivity contribution in [1.29, 1.82) is 0 Å². The minimum absolute atomic E-state index is 0.0377. The molecule has 0 unspecified atom stereocenters. The van der Waals surface area contributed by atoms with Crippen LogP contribution in [0.4, 0.5) is 5.69 Å². The number of nitro groups is 1. The lowest BCUT2D eigenvalue weighted by molar-refractivity contribution is -0.385. The standard InChI is InChI=1S/C16H16ClNO5/c1-2-3-9-6-13(19)15(14(20)7-9)16(21)11-5-4-10(17)8-12(11)18(22)23/h4-5,8-9,15H,2-3,6-7H2,1H3. The summed E-state index contributed by atoms with van der Waals surface area (Å²) in [6, 6.07) is 3.58. The first-order chi connectivity index (χ1) is 10.8. The molecule has 0 atom stereocenters. The predicted octanol–water partition coefficient (Wildman–Crippen LogP) is 3.40. The number of rotatable bonds is 5. The molecule has 6 nitrogen and oxygen atoms in total. The minimum atomic E-state index is -1.43. The Labute approximate surface area is 138 Å². The third-order valence-electron chi connectivity index (χ3n) is 4.00. The van der Waals surface area contributed by atoms with Crippen molar-refractivity contribution in [1.82, 2.24) is 0 Å². The third kappa shape index (κ3) is 3.64. The molecule has 7 heteroatoms. The number of benzene rings is 1. The van der Waals surface area contributed by atoms with Crippen molar-refractivity contribution in [2.75, 3.05) is 0 Å². The zero-order valence-corrected chi connectivity index (χ0v) is 13.3. The molecule has 0 bridgehead atoms. The summed E-state index contributed by atoms with van der Waals surface area (Å²) in [5.74, 6) is -3.17. The lowest BCUT2D eigenvalue weighted by atomic mass is 9.75. The number of Topliss-reactive ketones (excluding diaryl/α,β-unsaturated/α-hetero) is 3. The second kappa shape index (κ2) is 7.00. The van der Waals surface area contributed by atoms with E-state index in [2.05, 4.69) is 0 Å². The molecule has 0 radical (unpaired) electrons. The highest BCUT2D eigenvalue weighted by Gasteiger charge is 2.41. The van der Waals surface area contributed by atoms with Crippen LogP contribution in [-0.2, 0) is 9.59 Å². The lowest BCUT2D eigenvalue weighted by Gasteiger charge is -2.25. The SMILES string of the molecule is CCCC1CC(=O)C(C(=O)c2ccc(Cl)cc2[N+](=O)[O-])C(=O)C1. The van der Waals surface area contributed by atoms with Gasteiger partial charge in [0.1, 0.15) is 5.92 Å². The van der Waals surface area contributed by atoms with Gasteiger partial charge in [0.2, 0.25) is 0 Å².